The number of likely N-dealkylation sites (N-methyl/N-ethyl adjacent to an activating group) is 2. The molecule has 9 nitrogen and oxygen atoms in total. The molecule has 0 aliphatic carbocycles. The van der Waals surface area contributed by atoms with Gasteiger partial charge in [-0.2, -0.15) is 0 Å². The first-order valence-corrected chi connectivity index (χ1v) is 14.0. The molecule has 0 bridgehead atoms. The first-order chi connectivity index (χ1) is 19.8. The van der Waals surface area contributed by atoms with E-state index < -0.39 is 0 Å². The minimum absolute atomic E-state index is 0.0158. The summed E-state index contributed by atoms with van der Waals surface area (Å²) in [7, 11) is 7.75. The second kappa shape index (κ2) is 12.6. The molecule has 2 aromatic carbocycles. The number of aromatic nitrogens is 3. The van der Waals surface area contributed by atoms with Gasteiger partial charge in [-0.25, -0.2) is 0 Å². The average molecular weight is 568 g/mol. The smallest absolute Gasteiger partial charge is 0.274 e. The summed E-state index contributed by atoms with van der Waals surface area (Å²) in [4.78, 5) is 30.2. The molecule has 0 aliphatic rings. The molecule has 9 heteroatoms. The molecule has 0 aliphatic heterocycles. The number of hydrogen-bond acceptors (Lipinski definition) is 7. The van der Waals surface area contributed by atoms with Crippen molar-refractivity contribution in [2.24, 2.45) is 7.05 Å². The number of pyridine rings is 1. The Kier molecular flexibility index (Phi) is 9.11. The molecule has 0 spiro atoms. The Morgan fingerprint density at radius 2 is 1.64 bits per heavy atom. The summed E-state index contributed by atoms with van der Waals surface area (Å²) < 4.78 is 1.54. The number of nitrogens with zero attached hydrogens (tertiary/aromatic N) is 5. The SMILES string of the molecule is Cc1c(NC(=O)c2ccc(C(C)(C)C)cc2)cccc1-c1cc(Nc2ccc(N(C)CCN(C)C)nn2)c(=O)n(C)c1. The molecule has 220 valence electrons. The van der Waals surface area contributed by atoms with Crippen LogP contribution in [0.15, 0.2) is 71.7 Å². The Morgan fingerprint density at radius 3 is 2.26 bits per heavy atom. The third-order valence-corrected chi connectivity index (χ3v) is 7.28. The van der Waals surface area contributed by atoms with Crippen molar-refractivity contribution in [3.05, 3.63) is 93.9 Å². The van der Waals surface area contributed by atoms with Crippen LogP contribution in [0.2, 0.25) is 0 Å². The summed E-state index contributed by atoms with van der Waals surface area (Å²) in [5.74, 6) is 1.06. The molecule has 4 rings (SSSR count). The monoisotopic (exact) mass is 567 g/mol. The maximum atomic E-state index is 13.1. The quantitative estimate of drug-likeness (QED) is 0.278. The lowest BCUT2D eigenvalue weighted by Crippen LogP contribution is -2.29. The van der Waals surface area contributed by atoms with E-state index in [1.54, 1.807) is 19.3 Å². The summed E-state index contributed by atoms with van der Waals surface area (Å²) in [5.41, 5.74) is 5.31. The molecule has 4 aromatic rings. The lowest BCUT2D eigenvalue weighted by atomic mass is 9.86. The zero-order chi connectivity index (χ0) is 30.6. The van der Waals surface area contributed by atoms with Crippen LogP contribution in [0.5, 0.6) is 0 Å². The van der Waals surface area contributed by atoms with Gasteiger partial charge in [0.2, 0.25) is 0 Å². The Morgan fingerprint density at radius 1 is 0.929 bits per heavy atom. The number of carbonyl (C=O) groups is 1. The molecule has 0 saturated heterocycles. The Hall–Kier alpha value is -4.50. The van der Waals surface area contributed by atoms with Crippen molar-refractivity contribution in [3.8, 4) is 11.1 Å². The van der Waals surface area contributed by atoms with Crippen LogP contribution in [0.25, 0.3) is 11.1 Å². The van der Waals surface area contributed by atoms with E-state index >= 15 is 0 Å². The van der Waals surface area contributed by atoms with Crippen molar-refractivity contribution in [1.29, 1.82) is 0 Å². The lowest BCUT2D eigenvalue weighted by Gasteiger charge is -2.20. The zero-order valence-corrected chi connectivity index (χ0v) is 25.8. The molecular weight excluding hydrogens is 526 g/mol. The van der Waals surface area contributed by atoms with Gasteiger partial charge in [-0.15, -0.1) is 10.2 Å². The van der Waals surface area contributed by atoms with Gasteiger partial charge in [0.05, 0.1) is 0 Å². The number of rotatable bonds is 9. The van der Waals surface area contributed by atoms with Gasteiger partial charge < -0.3 is 25.0 Å². The summed E-state index contributed by atoms with van der Waals surface area (Å²) in [6, 6.07) is 19.0. The fourth-order valence-electron chi connectivity index (χ4n) is 4.55. The molecule has 1 amide bonds. The predicted octanol–water partition coefficient (Wildman–Crippen LogP) is 5.44. The predicted molar refractivity (Wildman–Crippen MR) is 172 cm³/mol. The van der Waals surface area contributed by atoms with E-state index in [4.69, 9.17) is 0 Å². The van der Waals surface area contributed by atoms with Gasteiger partial charge in [0.1, 0.15) is 5.69 Å². The van der Waals surface area contributed by atoms with Crippen LogP contribution >= 0.6 is 0 Å². The van der Waals surface area contributed by atoms with Crippen molar-refractivity contribution >= 4 is 28.9 Å². The number of amides is 1. The Balaban J connectivity index is 1.55. The molecule has 2 N–H and O–H groups in total. The summed E-state index contributed by atoms with van der Waals surface area (Å²) in [6.07, 6.45) is 1.79. The maximum Gasteiger partial charge on any atom is 0.274 e. The normalized spacial score (nSPS) is 11.5. The number of aryl methyl sites for hydroxylation is 1. The van der Waals surface area contributed by atoms with E-state index in [2.05, 4.69) is 46.5 Å². The number of nitrogens with one attached hydrogen (secondary N) is 2. The van der Waals surface area contributed by atoms with Gasteiger partial charge in [0.15, 0.2) is 11.6 Å². The highest BCUT2D eigenvalue weighted by atomic mass is 16.1. The van der Waals surface area contributed by atoms with E-state index in [1.165, 1.54) is 10.1 Å². The molecular formula is C33H41N7O2. The first-order valence-electron chi connectivity index (χ1n) is 14.0. The van der Waals surface area contributed by atoms with Gasteiger partial charge in [0, 0.05) is 50.2 Å². The van der Waals surface area contributed by atoms with E-state index in [0.717, 1.165) is 35.6 Å². The molecule has 0 saturated carbocycles. The molecule has 0 atom stereocenters. The fraction of sp³-hybridized carbons (Fsp3) is 0.333. The third kappa shape index (κ3) is 7.22. The topological polar surface area (TPSA) is 95.4 Å². The summed E-state index contributed by atoms with van der Waals surface area (Å²) in [5, 5.41) is 14.8. The van der Waals surface area contributed by atoms with Gasteiger partial charge in [-0.05, 0) is 79.5 Å². The second-order valence-electron chi connectivity index (χ2n) is 11.9. The van der Waals surface area contributed by atoms with E-state index in [-0.39, 0.29) is 16.9 Å². The summed E-state index contributed by atoms with van der Waals surface area (Å²) >= 11 is 0. The van der Waals surface area contributed by atoms with Crippen LogP contribution in [0.4, 0.5) is 23.0 Å². The van der Waals surface area contributed by atoms with Crippen molar-refractivity contribution in [2.45, 2.75) is 33.1 Å². The standard InChI is InChI=1S/C33H41N7O2/c1-22-26(10-9-11-27(22)35-31(41)23-12-14-25(15-13-23)33(2,3)4)24-20-28(32(42)40(8)21-24)34-29-16-17-30(37-36-29)39(7)19-18-38(5)6/h9-17,20-21H,18-19H2,1-8H3,(H,34,36)(H,35,41). The Bertz CT molecular complexity index is 1600. The van der Waals surface area contributed by atoms with Gasteiger partial charge in [0.25, 0.3) is 11.5 Å². The summed E-state index contributed by atoms with van der Waals surface area (Å²) in [6.45, 7) is 10.1. The minimum Gasteiger partial charge on any atom is -0.357 e. The highest BCUT2D eigenvalue weighted by Crippen LogP contribution is 2.30. The molecule has 42 heavy (non-hydrogen) atoms. The second-order valence-corrected chi connectivity index (χ2v) is 11.9. The van der Waals surface area contributed by atoms with Crippen molar-refractivity contribution in [2.75, 3.05) is 49.8 Å². The number of hydrogen-bond donors (Lipinski definition) is 2. The zero-order valence-electron chi connectivity index (χ0n) is 25.8. The molecule has 2 aromatic heterocycles. The van der Waals surface area contributed by atoms with Crippen molar-refractivity contribution < 1.29 is 4.79 Å². The van der Waals surface area contributed by atoms with E-state index in [1.807, 2.05) is 87.6 Å². The fourth-order valence-corrected chi connectivity index (χ4v) is 4.55. The molecule has 0 fully saturated rings. The highest BCUT2D eigenvalue weighted by molar-refractivity contribution is 6.05. The average Bonchev–Trinajstić information content (AvgIpc) is 2.95. The van der Waals surface area contributed by atoms with Crippen LogP contribution in [-0.4, -0.2) is 59.8 Å². The van der Waals surface area contributed by atoms with E-state index in [9.17, 15) is 9.59 Å². The largest absolute Gasteiger partial charge is 0.357 e. The number of anilines is 4. The van der Waals surface area contributed by atoms with Gasteiger partial charge in [-0.3, -0.25) is 9.59 Å². The van der Waals surface area contributed by atoms with Crippen molar-refractivity contribution in [3.63, 3.8) is 0 Å². The van der Waals surface area contributed by atoms with Gasteiger partial charge >= 0.3 is 0 Å². The van der Waals surface area contributed by atoms with Gasteiger partial charge in [-0.1, -0.05) is 45.0 Å². The minimum atomic E-state index is -0.187. The molecule has 0 radical (unpaired) electrons. The van der Waals surface area contributed by atoms with Crippen LogP contribution in [0.3, 0.4) is 0 Å². The Labute approximate surface area is 248 Å². The molecule has 0 unspecified atom stereocenters. The highest BCUT2D eigenvalue weighted by Gasteiger charge is 2.16. The third-order valence-electron chi connectivity index (χ3n) is 7.28. The van der Waals surface area contributed by atoms with Crippen LogP contribution < -0.4 is 21.1 Å². The van der Waals surface area contributed by atoms with Crippen LogP contribution in [0.1, 0.15) is 42.3 Å². The van der Waals surface area contributed by atoms with Crippen LogP contribution in [-0.2, 0) is 12.5 Å². The van der Waals surface area contributed by atoms with E-state index in [0.29, 0.717) is 22.8 Å². The number of benzene rings is 2. The lowest BCUT2D eigenvalue weighted by molar-refractivity contribution is 0.102. The van der Waals surface area contributed by atoms with Crippen molar-refractivity contribution in [1.82, 2.24) is 19.7 Å². The maximum absolute atomic E-state index is 13.1. The molecule has 2 heterocycles. The number of carbonyl (C=O) groups excluding carboxylic acids is 1. The first kappa shape index (κ1) is 30.5. The van der Waals surface area contributed by atoms with Crippen LogP contribution in [0, 0.1) is 6.92 Å².